The van der Waals surface area contributed by atoms with Gasteiger partial charge in [-0.25, -0.2) is 8.42 Å². The van der Waals surface area contributed by atoms with Crippen molar-refractivity contribution in [2.75, 3.05) is 6.26 Å². The van der Waals surface area contributed by atoms with Gasteiger partial charge >= 0.3 is 0 Å². The van der Waals surface area contributed by atoms with Crippen molar-refractivity contribution in [3.8, 4) is 0 Å². The summed E-state index contributed by atoms with van der Waals surface area (Å²) in [6.07, 6.45) is 2.67. The lowest BCUT2D eigenvalue weighted by Crippen LogP contribution is -2.41. The summed E-state index contributed by atoms with van der Waals surface area (Å²) in [4.78, 5) is 16.0. The summed E-state index contributed by atoms with van der Waals surface area (Å²) >= 11 is 3.24. The van der Waals surface area contributed by atoms with E-state index in [4.69, 9.17) is 0 Å². The zero-order valence-corrected chi connectivity index (χ0v) is 12.3. The monoisotopic (exact) mass is 319 g/mol. The third-order valence-corrected chi connectivity index (χ3v) is 5.28. The van der Waals surface area contributed by atoms with Gasteiger partial charge in [0.15, 0.2) is 15.6 Å². The summed E-state index contributed by atoms with van der Waals surface area (Å²) in [6, 6.07) is 3.46. The maximum atomic E-state index is 11.9. The van der Waals surface area contributed by atoms with Crippen LogP contribution in [0.25, 0.3) is 0 Å². The quantitative estimate of drug-likeness (QED) is 0.848. The molecule has 1 aromatic heterocycles. The molecule has 0 aromatic carbocycles. The molecule has 0 fully saturated rings. The van der Waals surface area contributed by atoms with Gasteiger partial charge in [0.1, 0.15) is 4.75 Å². The minimum atomic E-state index is -3.42. The normalized spacial score (nSPS) is 12.5. The highest BCUT2D eigenvalue weighted by atomic mass is 79.9. The highest BCUT2D eigenvalue weighted by Gasteiger charge is 2.37. The Morgan fingerprint density at radius 2 is 2.00 bits per heavy atom. The first-order valence-corrected chi connectivity index (χ1v) is 7.66. The number of carbonyl (C=O) groups is 1. The number of Topliss-reactive ketones (excluding diaryl/α,β-unsaturated/α-hetero) is 1. The van der Waals surface area contributed by atoms with E-state index in [1.54, 1.807) is 18.3 Å². The minimum Gasteiger partial charge on any atom is -0.298 e. The second-order valence-electron chi connectivity index (χ2n) is 4.35. The standard InChI is InChI=1S/C11H14BrNO3S/c1-11(2,17(3,15)16)10(14)6-9-5-4-8(12)7-13-9/h4-5,7H,6H2,1-3H3. The first kappa shape index (κ1) is 14.3. The molecule has 0 amide bonds. The van der Waals surface area contributed by atoms with Crippen molar-refractivity contribution < 1.29 is 13.2 Å². The van der Waals surface area contributed by atoms with Crippen LogP contribution in [0.5, 0.6) is 0 Å². The molecule has 1 heterocycles. The molecule has 0 unspecified atom stereocenters. The number of sulfone groups is 1. The van der Waals surface area contributed by atoms with Crippen molar-refractivity contribution in [1.29, 1.82) is 0 Å². The fourth-order valence-electron chi connectivity index (χ4n) is 1.10. The van der Waals surface area contributed by atoms with Crippen LogP contribution in [0.1, 0.15) is 19.5 Å². The molecule has 1 aromatic rings. The van der Waals surface area contributed by atoms with Crippen molar-refractivity contribution in [3.63, 3.8) is 0 Å². The SMILES string of the molecule is CC(C)(C(=O)Cc1ccc(Br)cn1)S(C)(=O)=O. The van der Waals surface area contributed by atoms with E-state index in [0.29, 0.717) is 5.69 Å². The number of rotatable bonds is 4. The predicted octanol–water partition coefficient (Wildman–Crippen LogP) is 1.78. The van der Waals surface area contributed by atoms with Gasteiger partial charge in [0, 0.05) is 22.6 Å². The van der Waals surface area contributed by atoms with Crippen molar-refractivity contribution in [1.82, 2.24) is 4.98 Å². The molecule has 0 aliphatic heterocycles. The summed E-state index contributed by atoms with van der Waals surface area (Å²) in [5.74, 6) is -0.352. The molecule has 0 atom stereocenters. The molecule has 0 saturated carbocycles. The van der Waals surface area contributed by atoms with Crippen molar-refractivity contribution in [3.05, 3.63) is 28.5 Å². The number of halogens is 1. The van der Waals surface area contributed by atoms with Crippen LogP contribution in [-0.4, -0.2) is 30.2 Å². The van der Waals surface area contributed by atoms with Gasteiger partial charge in [0.25, 0.3) is 0 Å². The van der Waals surface area contributed by atoms with Crippen LogP contribution < -0.4 is 0 Å². The minimum absolute atomic E-state index is 0.0212. The predicted molar refractivity (Wildman–Crippen MR) is 69.6 cm³/mol. The van der Waals surface area contributed by atoms with Crippen LogP contribution >= 0.6 is 15.9 Å². The molecule has 0 bridgehead atoms. The first-order valence-electron chi connectivity index (χ1n) is 4.98. The number of carbonyl (C=O) groups excluding carboxylic acids is 1. The van der Waals surface area contributed by atoms with Gasteiger partial charge in [0.05, 0.1) is 6.42 Å². The van der Waals surface area contributed by atoms with Gasteiger partial charge < -0.3 is 0 Å². The van der Waals surface area contributed by atoms with Crippen LogP contribution in [0.2, 0.25) is 0 Å². The Hall–Kier alpha value is -0.750. The van der Waals surface area contributed by atoms with Crippen LogP contribution in [0.15, 0.2) is 22.8 Å². The molecule has 1 rings (SSSR count). The van der Waals surface area contributed by atoms with E-state index < -0.39 is 14.6 Å². The Morgan fingerprint density at radius 3 is 2.41 bits per heavy atom. The number of pyridine rings is 1. The van der Waals surface area contributed by atoms with Gasteiger partial charge in [-0.2, -0.15) is 0 Å². The average Bonchev–Trinajstić information content (AvgIpc) is 2.19. The van der Waals surface area contributed by atoms with E-state index in [-0.39, 0.29) is 12.2 Å². The van der Waals surface area contributed by atoms with E-state index >= 15 is 0 Å². The number of nitrogens with zero attached hydrogens (tertiary/aromatic N) is 1. The molecular weight excluding hydrogens is 306 g/mol. The zero-order chi connectivity index (χ0) is 13.3. The summed E-state index contributed by atoms with van der Waals surface area (Å²) in [5, 5.41) is 0. The molecular formula is C11H14BrNO3S. The highest BCUT2D eigenvalue weighted by Crippen LogP contribution is 2.19. The van der Waals surface area contributed by atoms with E-state index in [1.165, 1.54) is 13.8 Å². The van der Waals surface area contributed by atoms with Crippen LogP contribution in [0.4, 0.5) is 0 Å². The number of aromatic nitrogens is 1. The zero-order valence-electron chi connectivity index (χ0n) is 9.90. The summed E-state index contributed by atoms with van der Waals surface area (Å²) in [6.45, 7) is 2.84. The lowest BCUT2D eigenvalue weighted by molar-refractivity contribution is -0.120. The van der Waals surface area contributed by atoms with E-state index in [0.717, 1.165) is 10.7 Å². The van der Waals surface area contributed by atoms with Gasteiger partial charge in [-0.05, 0) is 41.9 Å². The van der Waals surface area contributed by atoms with Crippen LogP contribution in [0, 0.1) is 0 Å². The second kappa shape index (κ2) is 4.86. The van der Waals surface area contributed by atoms with Crippen LogP contribution in [-0.2, 0) is 21.1 Å². The third kappa shape index (κ3) is 3.35. The van der Waals surface area contributed by atoms with E-state index in [2.05, 4.69) is 20.9 Å². The lowest BCUT2D eigenvalue weighted by Gasteiger charge is -2.20. The highest BCUT2D eigenvalue weighted by molar-refractivity contribution is 9.10. The summed E-state index contributed by atoms with van der Waals surface area (Å²) in [5.41, 5.74) is 0.565. The summed E-state index contributed by atoms with van der Waals surface area (Å²) in [7, 11) is -3.42. The van der Waals surface area contributed by atoms with Gasteiger partial charge in [0.2, 0.25) is 0 Å². The fraction of sp³-hybridized carbons (Fsp3) is 0.455. The average molecular weight is 320 g/mol. The molecule has 0 aliphatic rings. The fourth-order valence-corrected chi connectivity index (χ4v) is 1.82. The maximum Gasteiger partial charge on any atom is 0.159 e. The van der Waals surface area contributed by atoms with E-state index in [1.807, 2.05) is 0 Å². The van der Waals surface area contributed by atoms with Crippen molar-refractivity contribution >= 4 is 31.6 Å². The molecule has 0 saturated heterocycles. The maximum absolute atomic E-state index is 11.9. The number of hydrogen-bond donors (Lipinski definition) is 0. The van der Waals surface area contributed by atoms with Crippen molar-refractivity contribution in [2.45, 2.75) is 25.0 Å². The Morgan fingerprint density at radius 1 is 1.41 bits per heavy atom. The van der Waals surface area contributed by atoms with Gasteiger partial charge in [-0.3, -0.25) is 9.78 Å². The third-order valence-electron chi connectivity index (χ3n) is 2.73. The Kier molecular flexibility index (Phi) is 4.09. The number of ketones is 1. The van der Waals surface area contributed by atoms with Crippen LogP contribution in [0.3, 0.4) is 0 Å². The molecule has 0 N–H and O–H groups in total. The topological polar surface area (TPSA) is 64.1 Å². The smallest absolute Gasteiger partial charge is 0.159 e. The second-order valence-corrected chi connectivity index (χ2v) is 7.83. The van der Waals surface area contributed by atoms with E-state index in [9.17, 15) is 13.2 Å². The Balaban J connectivity index is 2.90. The Bertz CT molecular complexity index is 520. The number of hydrogen-bond acceptors (Lipinski definition) is 4. The molecule has 0 aliphatic carbocycles. The Labute approximate surface area is 109 Å². The lowest BCUT2D eigenvalue weighted by atomic mass is 10.0. The molecule has 17 heavy (non-hydrogen) atoms. The molecule has 0 spiro atoms. The molecule has 0 radical (unpaired) electrons. The molecule has 4 nitrogen and oxygen atoms in total. The summed E-state index contributed by atoms with van der Waals surface area (Å²) < 4.78 is 22.4. The molecule has 94 valence electrons. The first-order chi connectivity index (χ1) is 7.64. The van der Waals surface area contributed by atoms with Gasteiger partial charge in [-0.1, -0.05) is 0 Å². The largest absolute Gasteiger partial charge is 0.298 e. The van der Waals surface area contributed by atoms with Crippen molar-refractivity contribution in [2.24, 2.45) is 0 Å². The molecule has 6 heteroatoms. The van der Waals surface area contributed by atoms with Gasteiger partial charge in [-0.15, -0.1) is 0 Å².